The van der Waals surface area contributed by atoms with E-state index in [-0.39, 0.29) is 42.0 Å². The molecule has 1 aromatic heterocycles. The summed E-state index contributed by atoms with van der Waals surface area (Å²) >= 11 is 0. The van der Waals surface area contributed by atoms with Gasteiger partial charge in [0, 0.05) is 18.7 Å². The fourth-order valence-electron chi connectivity index (χ4n) is 3.92. The van der Waals surface area contributed by atoms with Gasteiger partial charge in [-0.2, -0.15) is 0 Å². The average Bonchev–Trinajstić information content (AvgIpc) is 3.36. The van der Waals surface area contributed by atoms with E-state index < -0.39 is 11.8 Å². The highest BCUT2D eigenvalue weighted by Gasteiger charge is 2.37. The minimum Gasteiger partial charge on any atom is -0.467 e. The summed E-state index contributed by atoms with van der Waals surface area (Å²) in [4.78, 5) is 53.1. The molecular formula is C22H22N2O6. The largest absolute Gasteiger partial charge is 0.467 e. The zero-order valence-corrected chi connectivity index (χ0v) is 16.6. The van der Waals surface area contributed by atoms with Crippen molar-refractivity contribution in [2.75, 3.05) is 19.7 Å². The third-order valence-electron chi connectivity index (χ3n) is 5.44. The van der Waals surface area contributed by atoms with Crippen LogP contribution in [-0.2, 0) is 16.1 Å². The summed E-state index contributed by atoms with van der Waals surface area (Å²) in [6.07, 6.45) is 2.86. The van der Waals surface area contributed by atoms with Gasteiger partial charge in [0.2, 0.25) is 0 Å². The SMILES string of the molecule is CCOC(=O)C1CCCN(C(=O)c2ccc3c(c2)C(=O)N(Cc2ccco2)C3=O)C1. The predicted octanol–water partition coefficient (Wildman–Crippen LogP) is 2.49. The number of amides is 3. The van der Waals surface area contributed by atoms with E-state index in [1.54, 1.807) is 30.0 Å². The van der Waals surface area contributed by atoms with E-state index in [1.165, 1.54) is 18.4 Å². The van der Waals surface area contributed by atoms with Gasteiger partial charge < -0.3 is 14.1 Å². The molecule has 2 aliphatic rings. The Labute approximate surface area is 173 Å². The number of hydrogen-bond acceptors (Lipinski definition) is 6. The van der Waals surface area contributed by atoms with E-state index in [2.05, 4.69) is 0 Å². The van der Waals surface area contributed by atoms with Gasteiger partial charge in [0.15, 0.2) is 0 Å². The molecule has 4 rings (SSSR count). The maximum absolute atomic E-state index is 13.0. The van der Waals surface area contributed by atoms with Crippen LogP contribution >= 0.6 is 0 Å². The molecule has 8 nitrogen and oxygen atoms in total. The standard InChI is InChI=1S/C22H22N2O6/c1-2-29-22(28)15-5-3-9-23(12-15)19(25)14-7-8-17-18(11-14)21(27)24(20(17)26)13-16-6-4-10-30-16/h4,6-8,10-11,15H,2-3,5,9,12-13H2,1H3. The smallest absolute Gasteiger partial charge is 0.310 e. The number of imide groups is 1. The minimum absolute atomic E-state index is 0.0377. The van der Waals surface area contributed by atoms with Crippen molar-refractivity contribution in [1.29, 1.82) is 0 Å². The van der Waals surface area contributed by atoms with E-state index >= 15 is 0 Å². The van der Waals surface area contributed by atoms with Crippen LogP contribution in [0.5, 0.6) is 0 Å². The van der Waals surface area contributed by atoms with Gasteiger partial charge in [0.1, 0.15) is 5.76 Å². The number of piperidine rings is 1. The van der Waals surface area contributed by atoms with Crippen molar-refractivity contribution < 1.29 is 28.3 Å². The summed E-state index contributed by atoms with van der Waals surface area (Å²) < 4.78 is 10.3. The summed E-state index contributed by atoms with van der Waals surface area (Å²) in [6, 6.07) is 7.91. The number of likely N-dealkylation sites (tertiary alicyclic amines) is 1. The summed E-state index contributed by atoms with van der Waals surface area (Å²) in [7, 11) is 0. The van der Waals surface area contributed by atoms with Gasteiger partial charge in [0.05, 0.1) is 36.5 Å². The molecule has 1 fully saturated rings. The number of benzene rings is 1. The van der Waals surface area contributed by atoms with Crippen LogP contribution < -0.4 is 0 Å². The van der Waals surface area contributed by atoms with Crippen molar-refractivity contribution >= 4 is 23.7 Å². The molecule has 0 radical (unpaired) electrons. The number of hydrogen-bond donors (Lipinski definition) is 0. The molecule has 3 amide bonds. The molecule has 2 aromatic rings. The Morgan fingerprint density at radius 1 is 1.17 bits per heavy atom. The van der Waals surface area contributed by atoms with Crippen LogP contribution in [0.3, 0.4) is 0 Å². The number of fused-ring (bicyclic) bond motifs is 1. The molecule has 3 heterocycles. The molecule has 8 heteroatoms. The van der Waals surface area contributed by atoms with Crippen LogP contribution in [0.2, 0.25) is 0 Å². The van der Waals surface area contributed by atoms with Gasteiger partial charge in [-0.1, -0.05) is 0 Å². The molecule has 1 saturated heterocycles. The van der Waals surface area contributed by atoms with Crippen molar-refractivity contribution in [3.05, 3.63) is 59.0 Å². The Kier molecular flexibility index (Phi) is 5.39. The lowest BCUT2D eigenvalue weighted by Crippen LogP contribution is -2.42. The van der Waals surface area contributed by atoms with Crippen LogP contribution in [0.25, 0.3) is 0 Å². The highest BCUT2D eigenvalue weighted by atomic mass is 16.5. The van der Waals surface area contributed by atoms with Crippen LogP contribution in [-0.4, -0.2) is 53.2 Å². The molecule has 1 atom stereocenters. The fourth-order valence-corrected chi connectivity index (χ4v) is 3.92. The summed E-state index contributed by atoms with van der Waals surface area (Å²) in [5.74, 6) is -1.27. The Balaban J connectivity index is 1.52. The second-order valence-electron chi connectivity index (χ2n) is 7.38. The predicted molar refractivity (Wildman–Crippen MR) is 105 cm³/mol. The van der Waals surface area contributed by atoms with Crippen LogP contribution in [0, 0.1) is 5.92 Å². The van der Waals surface area contributed by atoms with Gasteiger partial charge in [-0.05, 0) is 50.1 Å². The number of carbonyl (C=O) groups is 4. The molecule has 156 valence electrons. The molecule has 30 heavy (non-hydrogen) atoms. The Bertz CT molecular complexity index is 997. The van der Waals surface area contributed by atoms with Gasteiger partial charge in [-0.25, -0.2) is 0 Å². The molecule has 1 aromatic carbocycles. The molecule has 0 N–H and O–H groups in total. The minimum atomic E-state index is -0.455. The third kappa shape index (κ3) is 3.60. The van der Waals surface area contributed by atoms with Gasteiger partial charge in [0.25, 0.3) is 17.7 Å². The van der Waals surface area contributed by atoms with Crippen molar-refractivity contribution in [2.24, 2.45) is 5.92 Å². The second-order valence-corrected chi connectivity index (χ2v) is 7.38. The average molecular weight is 410 g/mol. The lowest BCUT2D eigenvalue weighted by atomic mass is 9.97. The molecule has 0 aliphatic carbocycles. The van der Waals surface area contributed by atoms with E-state index in [0.717, 1.165) is 4.90 Å². The lowest BCUT2D eigenvalue weighted by Gasteiger charge is -2.31. The molecule has 1 unspecified atom stereocenters. The molecule has 0 bridgehead atoms. The van der Waals surface area contributed by atoms with Crippen LogP contribution in [0.15, 0.2) is 41.0 Å². The van der Waals surface area contributed by atoms with E-state index in [9.17, 15) is 19.2 Å². The van der Waals surface area contributed by atoms with Gasteiger partial charge in [-0.15, -0.1) is 0 Å². The van der Waals surface area contributed by atoms with Crippen molar-refractivity contribution in [3.63, 3.8) is 0 Å². The van der Waals surface area contributed by atoms with Gasteiger partial charge >= 0.3 is 5.97 Å². The Hall–Kier alpha value is -3.42. The number of rotatable bonds is 5. The number of esters is 1. The second kappa shape index (κ2) is 8.14. The summed E-state index contributed by atoms with van der Waals surface area (Å²) in [5, 5.41) is 0. The zero-order chi connectivity index (χ0) is 21.3. The van der Waals surface area contributed by atoms with Crippen LogP contribution in [0.1, 0.15) is 56.6 Å². The maximum Gasteiger partial charge on any atom is 0.310 e. The fraction of sp³-hybridized carbons (Fsp3) is 0.364. The Morgan fingerprint density at radius 2 is 1.97 bits per heavy atom. The monoisotopic (exact) mass is 410 g/mol. The first-order valence-electron chi connectivity index (χ1n) is 9.98. The molecule has 2 aliphatic heterocycles. The van der Waals surface area contributed by atoms with Crippen molar-refractivity contribution in [3.8, 4) is 0 Å². The van der Waals surface area contributed by atoms with E-state index in [0.29, 0.717) is 37.3 Å². The highest BCUT2D eigenvalue weighted by Crippen LogP contribution is 2.27. The third-order valence-corrected chi connectivity index (χ3v) is 5.44. The molecule has 0 spiro atoms. The first-order chi connectivity index (χ1) is 14.5. The van der Waals surface area contributed by atoms with Crippen molar-refractivity contribution in [1.82, 2.24) is 9.80 Å². The summed E-state index contributed by atoms with van der Waals surface area (Å²) in [5.41, 5.74) is 0.793. The quantitative estimate of drug-likeness (QED) is 0.555. The number of furan rings is 1. The maximum atomic E-state index is 13.0. The first-order valence-corrected chi connectivity index (χ1v) is 9.98. The summed E-state index contributed by atoms with van der Waals surface area (Å²) in [6.45, 7) is 2.91. The number of carbonyl (C=O) groups excluding carboxylic acids is 4. The number of nitrogens with zero attached hydrogens (tertiary/aromatic N) is 2. The molecule has 0 saturated carbocycles. The number of ether oxygens (including phenoxy) is 1. The Morgan fingerprint density at radius 3 is 2.70 bits per heavy atom. The van der Waals surface area contributed by atoms with Crippen LogP contribution in [0.4, 0.5) is 0 Å². The molecular weight excluding hydrogens is 388 g/mol. The topological polar surface area (TPSA) is 97.1 Å². The lowest BCUT2D eigenvalue weighted by molar-refractivity contribution is -0.149. The van der Waals surface area contributed by atoms with Gasteiger partial charge in [-0.3, -0.25) is 24.1 Å². The first kappa shape index (κ1) is 19.9. The van der Waals surface area contributed by atoms with Crippen molar-refractivity contribution in [2.45, 2.75) is 26.3 Å². The normalized spacial score (nSPS) is 18.5. The van der Waals surface area contributed by atoms with E-state index in [4.69, 9.17) is 9.15 Å². The highest BCUT2D eigenvalue weighted by molar-refractivity contribution is 6.22. The van der Waals surface area contributed by atoms with E-state index in [1.807, 2.05) is 0 Å². The zero-order valence-electron chi connectivity index (χ0n) is 16.6.